The molecule has 2 saturated carbocycles. The van der Waals surface area contributed by atoms with E-state index in [1.165, 1.54) is 12.8 Å². The Morgan fingerprint density at radius 1 is 1.33 bits per heavy atom. The maximum atomic E-state index is 11.3. The first-order valence-corrected chi connectivity index (χ1v) is 4.98. The Hall–Kier alpha value is -0.530. The number of fused-ring (bicyclic) bond motifs is 1. The van der Waals surface area contributed by atoms with Crippen molar-refractivity contribution < 1.29 is 9.53 Å². The van der Waals surface area contributed by atoms with Gasteiger partial charge in [0.1, 0.15) is 0 Å². The standard InChI is InChI=1S/C10H16O2/c1-2-12-10(11)8-4-3-7-5-9(7)6-8/h7-9H,2-6H2,1H3/t7-,8-,9-/m1/s1. The highest BCUT2D eigenvalue weighted by Gasteiger charge is 2.44. The van der Waals surface area contributed by atoms with Crippen LogP contribution in [0.4, 0.5) is 0 Å². The number of hydrogen-bond donors (Lipinski definition) is 0. The van der Waals surface area contributed by atoms with Crippen molar-refractivity contribution >= 4 is 5.97 Å². The van der Waals surface area contributed by atoms with E-state index in [1.54, 1.807) is 0 Å². The highest BCUT2D eigenvalue weighted by molar-refractivity contribution is 5.72. The highest BCUT2D eigenvalue weighted by atomic mass is 16.5. The van der Waals surface area contributed by atoms with Gasteiger partial charge in [0.25, 0.3) is 0 Å². The maximum Gasteiger partial charge on any atom is 0.308 e. The summed E-state index contributed by atoms with van der Waals surface area (Å²) in [7, 11) is 0. The molecular formula is C10H16O2. The van der Waals surface area contributed by atoms with Crippen molar-refractivity contribution in [3.8, 4) is 0 Å². The van der Waals surface area contributed by atoms with E-state index in [0.717, 1.165) is 24.7 Å². The molecule has 2 nitrogen and oxygen atoms in total. The van der Waals surface area contributed by atoms with Crippen molar-refractivity contribution in [3.05, 3.63) is 0 Å². The first-order valence-electron chi connectivity index (χ1n) is 4.98. The number of carbonyl (C=O) groups is 1. The second kappa shape index (κ2) is 3.08. The van der Waals surface area contributed by atoms with Crippen LogP contribution in [0.25, 0.3) is 0 Å². The van der Waals surface area contributed by atoms with Gasteiger partial charge in [0.15, 0.2) is 0 Å². The summed E-state index contributed by atoms with van der Waals surface area (Å²) in [6.07, 6.45) is 4.80. The fraction of sp³-hybridized carbons (Fsp3) is 0.900. The van der Waals surface area contributed by atoms with Gasteiger partial charge >= 0.3 is 5.97 Å². The molecule has 2 aliphatic carbocycles. The molecule has 0 aliphatic heterocycles. The Morgan fingerprint density at radius 3 is 2.83 bits per heavy atom. The molecule has 2 aliphatic rings. The van der Waals surface area contributed by atoms with Crippen molar-refractivity contribution in [1.29, 1.82) is 0 Å². The average Bonchev–Trinajstić information content (AvgIpc) is 2.81. The zero-order valence-electron chi connectivity index (χ0n) is 7.58. The first kappa shape index (κ1) is 8.09. The molecular weight excluding hydrogens is 152 g/mol. The fourth-order valence-corrected chi connectivity index (χ4v) is 2.33. The third-order valence-electron chi connectivity index (χ3n) is 3.16. The second-order valence-electron chi connectivity index (χ2n) is 4.02. The first-order chi connectivity index (χ1) is 5.81. The second-order valence-corrected chi connectivity index (χ2v) is 4.02. The predicted molar refractivity (Wildman–Crippen MR) is 45.6 cm³/mol. The number of hydrogen-bond acceptors (Lipinski definition) is 2. The molecule has 12 heavy (non-hydrogen) atoms. The van der Waals surface area contributed by atoms with E-state index >= 15 is 0 Å². The van der Waals surface area contributed by atoms with Gasteiger partial charge in [0, 0.05) is 0 Å². The Morgan fingerprint density at radius 2 is 2.17 bits per heavy atom. The average molecular weight is 168 g/mol. The largest absolute Gasteiger partial charge is 0.466 e. The van der Waals surface area contributed by atoms with E-state index < -0.39 is 0 Å². The van der Waals surface area contributed by atoms with E-state index in [-0.39, 0.29) is 11.9 Å². The number of ether oxygens (including phenoxy) is 1. The lowest BCUT2D eigenvalue weighted by molar-refractivity contribution is -0.149. The van der Waals surface area contributed by atoms with E-state index in [0.29, 0.717) is 6.61 Å². The molecule has 2 fully saturated rings. The SMILES string of the molecule is CCOC(=O)[C@@H]1CC[C@@H]2C[C@@H]2C1. The molecule has 0 radical (unpaired) electrons. The van der Waals surface area contributed by atoms with Crippen LogP contribution in [0.2, 0.25) is 0 Å². The number of esters is 1. The molecule has 0 bridgehead atoms. The Labute approximate surface area is 73.3 Å². The monoisotopic (exact) mass is 168 g/mol. The van der Waals surface area contributed by atoms with Crippen molar-refractivity contribution in [1.82, 2.24) is 0 Å². The van der Waals surface area contributed by atoms with Crippen molar-refractivity contribution in [2.75, 3.05) is 6.61 Å². The third-order valence-corrected chi connectivity index (χ3v) is 3.16. The van der Waals surface area contributed by atoms with Crippen LogP contribution in [0.1, 0.15) is 32.6 Å². The van der Waals surface area contributed by atoms with E-state index in [4.69, 9.17) is 4.74 Å². The minimum Gasteiger partial charge on any atom is -0.466 e. The molecule has 2 rings (SSSR count). The lowest BCUT2D eigenvalue weighted by Crippen LogP contribution is -2.21. The molecule has 68 valence electrons. The van der Waals surface area contributed by atoms with E-state index in [2.05, 4.69) is 0 Å². The number of carbonyl (C=O) groups excluding carboxylic acids is 1. The topological polar surface area (TPSA) is 26.3 Å². The van der Waals surface area contributed by atoms with Gasteiger partial charge in [-0.3, -0.25) is 4.79 Å². The van der Waals surface area contributed by atoms with Gasteiger partial charge in [-0.05, 0) is 44.4 Å². The minimum absolute atomic E-state index is 0.0443. The summed E-state index contributed by atoms with van der Waals surface area (Å²) < 4.78 is 5.01. The van der Waals surface area contributed by atoms with Gasteiger partial charge in [-0.25, -0.2) is 0 Å². The van der Waals surface area contributed by atoms with Crippen molar-refractivity contribution in [2.45, 2.75) is 32.6 Å². The summed E-state index contributed by atoms with van der Waals surface area (Å²) in [5, 5.41) is 0. The van der Waals surface area contributed by atoms with E-state index in [9.17, 15) is 4.79 Å². The van der Waals surface area contributed by atoms with Crippen LogP contribution in [-0.4, -0.2) is 12.6 Å². The zero-order chi connectivity index (χ0) is 8.55. The molecule has 0 aromatic rings. The molecule has 0 unspecified atom stereocenters. The lowest BCUT2D eigenvalue weighted by Gasteiger charge is -2.18. The summed E-state index contributed by atoms with van der Waals surface area (Å²) in [6.45, 7) is 2.41. The van der Waals surface area contributed by atoms with Gasteiger partial charge in [0.05, 0.1) is 12.5 Å². The summed E-state index contributed by atoms with van der Waals surface area (Å²) >= 11 is 0. The van der Waals surface area contributed by atoms with Gasteiger partial charge in [0.2, 0.25) is 0 Å². The Kier molecular flexibility index (Phi) is 2.07. The van der Waals surface area contributed by atoms with Crippen molar-refractivity contribution in [2.24, 2.45) is 17.8 Å². The molecule has 0 spiro atoms. The van der Waals surface area contributed by atoms with Gasteiger partial charge in [-0.2, -0.15) is 0 Å². The number of rotatable bonds is 2. The Bertz CT molecular complexity index is 188. The van der Waals surface area contributed by atoms with Crippen molar-refractivity contribution in [3.63, 3.8) is 0 Å². The summed E-state index contributed by atoms with van der Waals surface area (Å²) in [6, 6.07) is 0. The van der Waals surface area contributed by atoms with Crippen LogP contribution in [0, 0.1) is 17.8 Å². The van der Waals surface area contributed by atoms with E-state index in [1.807, 2.05) is 6.92 Å². The molecule has 0 aromatic heterocycles. The highest BCUT2D eigenvalue weighted by Crippen LogP contribution is 2.51. The molecule has 2 heteroatoms. The zero-order valence-corrected chi connectivity index (χ0v) is 7.58. The molecule has 0 aromatic carbocycles. The van der Waals surface area contributed by atoms with Crippen LogP contribution < -0.4 is 0 Å². The predicted octanol–water partition coefficient (Wildman–Crippen LogP) is 1.99. The summed E-state index contributed by atoms with van der Waals surface area (Å²) in [5.41, 5.74) is 0. The van der Waals surface area contributed by atoms with Gasteiger partial charge < -0.3 is 4.74 Å². The van der Waals surface area contributed by atoms with Gasteiger partial charge in [-0.15, -0.1) is 0 Å². The maximum absolute atomic E-state index is 11.3. The normalized spacial score (nSPS) is 38.6. The molecule has 0 amide bonds. The summed E-state index contributed by atoms with van der Waals surface area (Å²) in [5.74, 6) is 2.11. The molecule has 0 N–H and O–H groups in total. The fourth-order valence-electron chi connectivity index (χ4n) is 2.33. The molecule has 0 saturated heterocycles. The molecule has 3 atom stereocenters. The third kappa shape index (κ3) is 1.47. The van der Waals surface area contributed by atoms with Crippen LogP contribution in [0.5, 0.6) is 0 Å². The Balaban J connectivity index is 1.83. The van der Waals surface area contributed by atoms with Crippen LogP contribution in [-0.2, 0) is 9.53 Å². The quantitative estimate of drug-likeness (QED) is 0.589. The van der Waals surface area contributed by atoms with Gasteiger partial charge in [-0.1, -0.05) is 0 Å². The smallest absolute Gasteiger partial charge is 0.308 e. The van der Waals surface area contributed by atoms with Crippen LogP contribution >= 0.6 is 0 Å². The molecule has 0 heterocycles. The lowest BCUT2D eigenvalue weighted by atomic mass is 9.89. The van der Waals surface area contributed by atoms with Crippen LogP contribution in [0.3, 0.4) is 0 Å². The summed E-state index contributed by atoms with van der Waals surface area (Å²) in [4.78, 5) is 11.3. The van der Waals surface area contributed by atoms with Crippen LogP contribution in [0.15, 0.2) is 0 Å². The minimum atomic E-state index is 0.0443.